The molecule has 0 atom stereocenters. The van der Waals surface area contributed by atoms with E-state index < -0.39 is 15.9 Å². The number of nitrogens with one attached hydrogen (secondary N) is 1. The smallest absolute Gasteiger partial charge is 0.274 e. The summed E-state index contributed by atoms with van der Waals surface area (Å²) in [5, 5.41) is 2.79. The molecule has 24 heavy (non-hydrogen) atoms. The molecule has 0 aliphatic carbocycles. The van der Waals surface area contributed by atoms with Crippen molar-refractivity contribution in [2.75, 3.05) is 5.32 Å². The second-order valence-corrected chi connectivity index (χ2v) is 6.95. The number of carbonyl (C=O) groups excluding carboxylic acids is 1. The number of halogens is 1. The second kappa shape index (κ2) is 6.42. The number of carbonyl (C=O) groups is 1. The molecule has 3 aromatic heterocycles. The summed E-state index contributed by atoms with van der Waals surface area (Å²) < 4.78 is 25.9. The van der Waals surface area contributed by atoms with Crippen LogP contribution < -0.4 is 5.32 Å². The number of amides is 1. The normalized spacial score (nSPS) is 11.2. The average Bonchev–Trinajstić information content (AvgIpc) is 3.05. The van der Waals surface area contributed by atoms with Gasteiger partial charge >= 0.3 is 0 Å². The molecule has 3 rings (SSSR count). The van der Waals surface area contributed by atoms with Gasteiger partial charge in [0, 0.05) is 24.8 Å². The third-order valence-corrected chi connectivity index (χ3v) is 4.94. The number of rotatable bonds is 4. The fourth-order valence-electron chi connectivity index (χ4n) is 1.93. The molecule has 0 bridgehead atoms. The maximum Gasteiger partial charge on any atom is 0.274 e. The van der Waals surface area contributed by atoms with Crippen molar-refractivity contribution in [1.29, 1.82) is 0 Å². The topological polar surface area (TPSA) is 94.0 Å². The van der Waals surface area contributed by atoms with Gasteiger partial charge in [0.1, 0.15) is 15.7 Å². The van der Waals surface area contributed by atoms with E-state index in [9.17, 15) is 13.2 Å². The third-order valence-electron chi connectivity index (χ3n) is 3.10. The Morgan fingerprint density at radius 2 is 1.96 bits per heavy atom. The summed E-state index contributed by atoms with van der Waals surface area (Å²) >= 11 is 5.66. The largest absolute Gasteiger partial charge is 0.319 e. The quantitative estimate of drug-likeness (QED) is 0.719. The van der Waals surface area contributed by atoms with E-state index in [4.69, 9.17) is 11.6 Å². The predicted octanol–water partition coefficient (Wildman–Crippen LogP) is 2.42. The summed E-state index contributed by atoms with van der Waals surface area (Å²) in [6.07, 6.45) is 5.30. The van der Waals surface area contributed by atoms with Gasteiger partial charge in [-0.1, -0.05) is 17.7 Å². The number of hydrogen-bond acceptors (Lipinski definition) is 5. The molecule has 122 valence electrons. The van der Waals surface area contributed by atoms with Crippen LogP contribution in [-0.2, 0) is 10.0 Å². The Hall–Kier alpha value is -2.71. The van der Waals surface area contributed by atoms with Gasteiger partial charge in [0.05, 0.1) is 5.69 Å². The number of hydrogen-bond donors (Lipinski definition) is 1. The van der Waals surface area contributed by atoms with Crippen molar-refractivity contribution < 1.29 is 13.2 Å². The summed E-state index contributed by atoms with van der Waals surface area (Å²) in [6.45, 7) is 0. The molecule has 0 aliphatic rings. The first-order valence-corrected chi connectivity index (χ1v) is 8.56. The fourth-order valence-corrected chi connectivity index (χ4v) is 3.18. The molecule has 0 spiro atoms. The van der Waals surface area contributed by atoms with E-state index in [0.717, 1.165) is 3.97 Å². The van der Waals surface area contributed by atoms with E-state index in [1.54, 1.807) is 18.2 Å². The lowest BCUT2D eigenvalue weighted by Crippen LogP contribution is -2.14. The van der Waals surface area contributed by atoms with Gasteiger partial charge in [-0.05, 0) is 30.3 Å². The third kappa shape index (κ3) is 3.29. The van der Waals surface area contributed by atoms with Crippen molar-refractivity contribution >= 4 is 33.2 Å². The van der Waals surface area contributed by atoms with Crippen LogP contribution in [0.15, 0.2) is 66.1 Å². The van der Waals surface area contributed by atoms with Crippen LogP contribution in [0.4, 0.5) is 5.69 Å². The van der Waals surface area contributed by atoms with Crippen molar-refractivity contribution in [2.24, 2.45) is 0 Å². The number of aromatic nitrogens is 3. The predicted molar refractivity (Wildman–Crippen MR) is 88.5 cm³/mol. The van der Waals surface area contributed by atoms with E-state index in [2.05, 4.69) is 15.3 Å². The molecule has 0 saturated carbocycles. The first-order chi connectivity index (χ1) is 11.5. The molecule has 3 heterocycles. The number of nitrogens with zero attached hydrogens (tertiary/aromatic N) is 3. The van der Waals surface area contributed by atoms with E-state index in [0.29, 0.717) is 5.69 Å². The Morgan fingerprint density at radius 1 is 1.12 bits per heavy atom. The van der Waals surface area contributed by atoms with E-state index in [1.807, 2.05) is 0 Å². The van der Waals surface area contributed by atoms with Crippen LogP contribution in [0.3, 0.4) is 0 Å². The highest BCUT2D eigenvalue weighted by molar-refractivity contribution is 7.90. The molecule has 0 saturated heterocycles. The van der Waals surface area contributed by atoms with Gasteiger partial charge in [-0.15, -0.1) is 0 Å². The zero-order valence-electron chi connectivity index (χ0n) is 12.1. The maximum atomic E-state index is 12.5. The Morgan fingerprint density at radius 3 is 2.62 bits per heavy atom. The molecule has 1 amide bonds. The molecule has 0 fully saturated rings. The lowest BCUT2D eigenvalue weighted by atomic mass is 10.3. The van der Waals surface area contributed by atoms with Crippen molar-refractivity contribution in [3.05, 3.63) is 72.0 Å². The zero-order chi connectivity index (χ0) is 17.2. The van der Waals surface area contributed by atoms with E-state index >= 15 is 0 Å². The van der Waals surface area contributed by atoms with Gasteiger partial charge in [0.25, 0.3) is 15.9 Å². The van der Waals surface area contributed by atoms with Crippen LogP contribution in [0.2, 0.25) is 5.15 Å². The Labute approximate surface area is 143 Å². The monoisotopic (exact) mass is 362 g/mol. The molecule has 3 aromatic rings. The highest BCUT2D eigenvalue weighted by Gasteiger charge is 2.18. The van der Waals surface area contributed by atoms with Gasteiger partial charge < -0.3 is 5.32 Å². The molecule has 0 aliphatic heterocycles. The summed E-state index contributed by atoms with van der Waals surface area (Å²) in [4.78, 5) is 19.7. The Balaban J connectivity index is 1.83. The maximum absolute atomic E-state index is 12.5. The minimum atomic E-state index is -3.81. The van der Waals surface area contributed by atoms with Gasteiger partial charge in [0.15, 0.2) is 0 Å². The lowest BCUT2D eigenvalue weighted by molar-refractivity contribution is 0.102. The van der Waals surface area contributed by atoms with Gasteiger partial charge in [0.2, 0.25) is 0 Å². The van der Waals surface area contributed by atoms with E-state index in [-0.39, 0.29) is 15.7 Å². The summed E-state index contributed by atoms with van der Waals surface area (Å²) in [5.41, 5.74) is 0.561. The fraction of sp³-hybridized carbons (Fsp3) is 0. The molecule has 0 aromatic carbocycles. The molecule has 0 radical (unpaired) electrons. The summed E-state index contributed by atoms with van der Waals surface area (Å²) in [5.74, 6) is -0.432. The van der Waals surface area contributed by atoms with Crippen molar-refractivity contribution in [3.8, 4) is 0 Å². The van der Waals surface area contributed by atoms with E-state index in [1.165, 1.54) is 43.0 Å². The first kappa shape index (κ1) is 16.2. The SMILES string of the molecule is O=C(Nc1ccn(S(=O)(=O)c2ccc(Cl)nc2)c1)c1ccccn1. The Bertz CT molecular complexity index is 969. The van der Waals surface area contributed by atoms with Crippen LogP contribution in [0, 0.1) is 0 Å². The molecule has 9 heteroatoms. The average molecular weight is 363 g/mol. The molecular weight excluding hydrogens is 352 g/mol. The highest BCUT2D eigenvalue weighted by Crippen LogP contribution is 2.18. The molecule has 1 N–H and O–H groups in total. The van der Waals surface area contributed by atoms with Gasteiger partial charge in [-0.25, -0.2) is 17.4 Å². The number of anilines is 1. The minimum Gasteiger partial charge on any atom is -0.319 e. The van der Waals surface area contributed by atoms with Gasteiger partial charge in [-0.2, -0.15) is 0 Å². The van der Waals surface area contributed by atoms with Crippen molar-refractivity contribution in [2.45, 2.75) is 4.90 Å². The summed E-state index contributed by atoms with van der Waals surface area (Å²) in [7, 11) is -3.81. The van der Waals surface area contributed by atoms with Crippen LogP contribution >= 0.6 is 11.6 Å². The van der Waals surface area contributed by atoms with Crippen LogP contribution in [0.1, 0.15) is 10.5 Å². The molecule has 0 unspecified atom stereocenters. The minimum absolute atomic E-state index is 0.00916. The first-order valence-electron chi connectivity index (χ1n) is 6.74. The standard InChI is InChI=1S/C15H11ClN4O3S/c16-14-5-4-12(9-18-14)24(22,23)20-8-6-11(10-20)19-15(21)13-3-1-2-7-17-13/h1-10H,(H,19,21). The molecular formula is C15H11ClN4O3S. The van der Waals surface area contributed by atoms with Crippen LogP contribution in [0.5, 0.6) is 0 Å². The van der Waals surface area contributed by atoms with Crippen LogP contribution in [0.25, 0.3) is 0 Å². The molecule has 7 nitrogen and oxygen atoms in total. The number of pyridine rings is 2. The van der Waals surface area contributed by atoms with Crippen molar-refractivity contribution in [1.82, 2.24) is 13.9 Å². The lowest BCUT2D eigenvalue weighted by Gasteiger charge is -2.05. The Kier molecular flexibility index (Phi) is 4.32. The van der Waals surface area contributed by atoms with Gasteiger partial charge in [-0.3, -0.25) is 9.78 Å². The highest BCUT2D eigenvalue weighted by atomic mass is 35.5. The van der Waals surface area contributed by atoms with Crippen LogP contribution in [-0.4, -0.2) is 28.3 Å². The second-order valence-electron chi connectivity index (χ2n) is 4.72. The zero-order valence-corrected chi connectivity index (χ0v) is 13.7. The summed E-state index contributed by atoms with van der Waals surface area (Å²) in [6, 6.07) is 9.16. The van der Waals surface area contributed by atoms with Crippen molar-refractivity contribution in [3.63, 3.8) is 0 Å².